The summed E-state index contributed by atoms with van der Waals surface area (Å²) in [7, 11) is 0. The van der Waals surface area contributed by atoms with Crippen molar-refractivity contribution in [1.29, 1.82) is 0 Å². The Morgan fingerprint density at radius 3 is 2.07 bits per heavy atom. The van der Waals surface area contributed by atoms with E-state index >= 15 is 0 Å². The molecule has 4 nitrogen and oxygen atoms in total. The van der Waals surface area contributed by atoms with Crippen LogP contribution >= 0.6 is 0 Å². The lowest BCUT2D eigenvalue weighted by molar-refractivity contribution is 0.0949. The molecule has 0 heterocycles. The molecular formula is C23H21FN2O2. The van der Waals surface area contributed by atoms with Crippen LogP contribution in [0.3, 0.4) is 0 Å². The second-order valence-electron chi connectivity index (χ2n) is 6.35. The molecule has 0 unspecified atom stereocenters. The Kier molecular flexibility index (Phi) is 6.17. The van der Waals surface area contributed by atoms with Crippen LogP contribution in [-0.4, -0.2) is 11.8 Å². The first kappa shape index (κ1) is 19.3. The molecule has 2 amide bonds. The minimum Gasteiger partial charge on any atom is -0.348 e. The minimum absolute atomic E-state index is 0.223. The van der Waals surface area contributed by atoms with Gasteiger partial charge in [0.25, 0.3) is 11.8 Å². The van der Waals surface area contributed by atoms with Crippen LogP contribution in [-0.2, 0) is 13.0 Å². The highest BCUT2D eigenvalue weighted by Crippen LogP contribution is 2.17. The Balaban J connectivity index is 1.61. The Bertz CT molecular complexity index is 967. The highest BCUT2D eigenvalue weighted by Gasteiger charge is 2.10. The van der Waals surface area contributed by atoms with Crippen LogP contribution in [0.2, 0.25) is 0 Å². The van der Waals surface area contributed by atoms with Gasteiger partial charge in [0.1, 0.15) is 5.82 Å². The molecular weight excluding hydrogens is 355 g/mol. The van der Waals surface area contributed by atoms with Gasteiger partial charge in [-0.05, 0) is 60.0 Å². The van der Waals surface area contributed by atoms with Crippen molar-refractivity contribution < 1.29 is 14.0 Å². The molecule has 3 aromatic rings. The van der Waals surface area contributed by atoms with Crippen LogP contribution in [0.25, 0.3) is 0 Å². The van der Waals surface area contributed by atoms with E-state index < -0.39 is 0 Å². The van der Waals surface area contributed by atoms with E-state index in [1.54, 1.807) is 36.4 Å². The van der Waals surface area contributed by atoms with Gasteiger partial charge in [-0.1, -0.05) is 37.3 Å². The van der Waals surface area contributed by atoms with Gasteiger partial charge in [-0.25, -0.2) is 4.39 Å². The van der Waals surface area contributed by atoms with Gasteiger partial charge in [0, 0.05) is 23.4 Å². The molecule has 2 N–H and O–H groups in total. The number of hydrogen-bond acceptors (Lipinski definition) is 2. The maximum absolute atomic E-state index is 12.9. The predicted octanol–water partition coefficient (Wildman–Crippen LogP) is 4.57. The molecule has 0 spiro atoms. The molecule has 0 bridgehead atoms. The van der Waals surface area contributed by atoms with E-state index in [-0.39, 0.29) is 17.6 Å². The summed E-state index contributed by atoms with van der Waals surface area (Å²) in [5.41, 5.74) is 3.58. The van der Waals surface area contributed by atoms with E-state index in [1.165, 1.54) is 12.1 Å². The third-order valence-corrected chi connectivity index (χ3v) is 4.42. The first-order chi connectivity index (χ1) is 13.6. The van der Waals surface area contributed by atoms with Crippen LogP contribution < -0.4 is 10.6 Å². The van der Waals surface area contributed by atoms with E-state index in [9.17, 15) is 14.0 Å². The van der Waals surface area contributed by atoms with E-state index in [2.05, 4.69) is 10.6 Å². The maximum atomic E-state index is 12.9. The number of aryl methyl sites for hydroxylation is 1. The van der Waals surface area contributed by atoms with Gasteiger partial charge in [0.05, 0.1) is 0 Å². The molecule has 3 aromatic carbocycles. The van der Waals surface area contributed by atoms with Gasteiger partial charge in [-0.15, -0.1) is 0 Å². The largest absolute Gasteiger partial charge is 0.348 e. The van der Waals surface area contributed by atoms with Gasteiger partial charge in [0.15, 0.2) is 0 Å². The summed E-state index contributed by atoms with van der Waals surface area (Å²) >= 11 is 0. The Morgan fingerprint density at radius 2 is 1.43 bits per heavy atom. The zero-order chi connectivity index (χ0) is 19.9. The summed E-state index contributed by atoms with van der Waals surface area (Å²) in [6, 6.07) is 20.1. The Labute approximate surface area is 163 Å². The first-order valence-corrected chi connectivity index (χ1v) is 9.09. The number of rotatable bonds is 6. The molecule has 142 valence electrons. The number of hydrogen-bond donors (Lipinski definition) is 2. The topological polar surface area (TPSA) is 58.2 Å². The van der Waals surface area contributed by atoms with Gasteiger partial charge >= 0.3 is 0 Å². The fourth-order valence-corrected chi connectivity index (χ4v) is 2.80. The lowest BCUT2D eigenvalue weighted by atomic mass is 10.1. The maximum Gasteiger partial charge on any atom is 0.255 e. The normalized spacial score (nSPS) is 10.4. The number of halogens is 1. The van der Waals surface area contributed by atoms with Crippen molar-refractivity contribution in [3.8, 4) is 0 Å². The SMILES string of the molecule is CCc1ccccc1NC(=O)c1ccc(C(=O)NCc2ccc(F)cc2)cc1. The van der Waals surface area contributed by atoms with Crippen LogP contribution in [0.4, 0.5) is 10.1 Å². The van der Waals surface area contributed by atoms with Gasteiger partial charge in [-0.2, -0.15) is 0 Å². The van der Waals surface area contributed by atoms with Gasteiger partial charge < -0.3 is 10.6 Å². The predicted molar refractivity (Wildman–Crippen MR) is 108 cm³/mol. The molecule has 0 aliphatic carbocycles. The molecule has 0 saturated heterocycles. The summed E-state index contributed by atoms with van der Waals surface area (Å²) in [4.78, 5) is 24.7. The van der Waals surface area contributed by atoms with Crippen molar-refractivity contribution in [2.24, 2.45) is 0 Å². The number of benzene rings is 3. The molecule has 0 aromatic heterocycles. The van der Waals surface area contributed by atoms with Crippen LogP contribution in [0.1, 0.15) is 38.8 Å². The van der Waals surface area contributed by atoms with E-state index in [0.29, 0.717) is 17.7 Å². The zero-order valence-corrected chi connectivity index (χ0v) is 15.5. The van der Waals surface area contributed by atoms with Crippen molar-refractivity contribution in [3.63, 3.8) is 0 Å². The molecule has 5 heteroatoms. The number of amides is 2. The summed E-state index contributed by atoms with van der Waals surface area (Å²) < 4.78 is 12.9. The fraction of sp³-hybridized carbons (Fsp3) is 0.130. The van der Waals surface area contributed by atoms with E-state index in [0.717, 1.165) is 23.2 Å². The number of para-hydroxylation sites is 1. The summed E-state index contributed by atoms with van der Waals surface area (Å²) in [5.74, 6) is -0.794. The molecule has 0 aliphatic rings. The van der Waals surface area contributed by atoms with Crippen LogP contribution in [0, 0.1) is 5.82 Å². The number of carbonyl (C=O) groups excluding carboxylic acids is 2. The van der Waals surface area contributed by atoms with E-state index in [4.69, 9.17) is 0 Å². The highest BCUT2D eigenvalue weighted by molar-refractivity contribution is 6.05. The highest BCUT2D eigenvalue weighted by atomic mass is 19.1. The second kappa shape index (κ2) is 8.95. The van der Waals surface area contributed by atoms with E-state index in [1.807, 2.05) is 31.2 Å². The lowest BCUT2D eigenvalue weighted by Crippen LogP contribution is -2.23. The van der Waals surface area contributed by atoms with Crippen molar-refractivity contribution in [2.75, 3.05) is 5.32 Å². The quantitative estimate of drug-likeness (QED) is 0.662. The number of nitrogens with one attached hydrogen (secondary N) is 2. The summed E-state index contributed by atoms with van der Waals surface area (Å²) in [5, 5.41) is 5.68. The molecule has 28 heavy (non-hydrogen) atoms. The Morgan fingerprint density at radius 1 is 0.821 bits per heavy atom. The molecule has 0 saturated carbocycles. The average Bonchev–Trinajstić information content (AvgIpc) is 2.73. The average molecular weight is 376 g/mol. The molecule has 0 fully saturated rings. The zero-order valence-electron chi connectivity index (χ0n) is 15.5. The third kappa shape index (κ3) is 4.82. The number of carbonyl (C=O) groups is 2. The standard InChI is InChI=1S/C23H21FN2O2/c1-2-17-5-3-4-6-21(17)26-23(28)19-11-9-18(10-12-19)22(27)25-15-16-7-13-20(24)14-8-16/h3-14H,2,15H2,1H3,(H,25,27)(H,26,28). The molecule has 0 radical (unpaired) electrons. The van der Waals surface area contributed by atoms with Crippen molar-refractivity contribution in [2.45, 2.75) is 19.9 Å². The van der Waals surface area contributed by atoms with Gasteiger partial charge in [-0.3, -0.25) is 9.59 Å². The Hall–Kier alpha value is -3.47. The summed E-state index contributed by atoms with van der Waals surface area (Å²) in [6.45, 7) is 2.33. The molecule has 0 atom stereocenters. The first-order valence-electron chi connectivity index (χ1n) is 9.09. The van der Waals surface area contributed by atoms with Crippen LogP contribution in [0.5, 0.6) is 0 Å². The smallest absolute Gasteiger partial charge is 0.255 e. The van der Waals surface area contributed by atoms with Crippen molar-refractivity contribution in [3.05, 3.63) is 101 Å². The lowest BCUT2D eigenvalue weighted by Gasteiger charge is -2.10. The minimum atomic E-state index is -0.314. The van der Waals surface area contributed by atoms with Crippen molar-refractivity contribution >= 4 is 17.5 Å². The van der Waals surface area contributed by atoms with Crippen molar-refractivity contribution in [1.82, 2.24) is 5.32 Å². The second-order valence-corrected chi connectivity index (χ2v) is 6.35. The fourth-order valence-electron chi connectivity index (χ4n) is 2.80. The van der Waals surface area contributed by atoms with Gasteiger partial charge in [0.2, 0.25) is 0 Å². The molecule has 0 aliphatic heterocycles. The number of anilines is 1. The molecule has 3 rings (SSSR count). The third-order valence-electron chi connectivity index (χ3n) is 4.42. The monoisotopic (exact) mass is 376 g/mol. The van der Waals surface area contributed by atoms with Crippen LogP contribution in [0.15, 0.2) is 72.8 Å². The summed E-state index contributed by atoms with van der Waals surface area (Å²) in [6.07, 6.45) is 0.823.